The molecule has 0 spiro atoms. The minimum Gasteiger partial charge on any atom is -0.492 e. The molecule has 3 aromatic heterocycles. The summed E-state index contributed by atoms with van der Waals surface area (Å²) in [7, 11) is 4.10. The fourth-order valence-electron chi connectivity index (χ4n) is 3.31. The minimum absolute atomic E-state index is 0.0935. The number of thiazole rings is 1. The molecule has 26 heavy (non-hydrogen) atoms. The van der Waals surface area contributed by atoms with Gasteiger partial charge in [-0.2, -0.15) is 4.52 Å². The molecule has 0 amide bonds. The second-order valence-electron chi connectivity index (χ2n) is 6.49. The molecule has 3 heterocycles. The second-order valence-corrected chi connectivity index (χ2v) is 7.50. The van der Waals surface area contributed by atoms with Gasteiger partial charge in [-0.3, -0.25) is 4.90 Å². The summed E-state index contributed by atoms with van der Waals surface area (Å²) in [4.78, 5) is 8.21. The van der Waals surface area contributed by atoms with E-state index in [0.717, 1.165) is 17.1 Å². The van der Waals surface area contributed by atoms with E-state index >= 15 is 0 Å². The van der Waals surface area contributed by atoms with Gasteiger partial charge in [-0.15, -0.1) is 5.10 Å². The zero-order valence-corrected chi connectivity index (χ0v) is 15.8. The Morgan fingerprint density at radius 1 is 1.19 bits per heavy atom. The Bertz CT molecular complexity index is 1030. The van der Waals surface area contributed by atoms with E-state index in [1.54, 1.807) is 0 Å². The molecule has 6 nitrogen and oxygen atoms in total. The van der Waals surface area contributed by atoms with Crippen LogP contribution in [0.4, 0.5) is 0 Å². The lowest BCUT2D eigenvalue weighted by molar-refractivity contribution is 0.259. The molecular formula is C19H21N5OS. The molecule has 0 aliphatic carbocycles. The summed E-state index contributed by atoms with van der Waals surface area (Å²) >= 11 is 1.48. The van der Waals surface area contributed by atoms with Gasteiger partial charge in [-0.05, 0) is 31.7 Å². The van der Waals surface area contributed by atoms with Crippen LogP contribution < -0.4 is 0 Å². The normalized spacial score (nSPS) is 12.9. The van der Waals surface area contributed by atoms with Gasteiger partial charge >= 0.3 is 0 Å². The molecule has 0 saturated heterocycles. The van der Waals surface area contributed by atoms with E-state index in [1.807, 2.05) is 44.4 Å². The van der Waals surface area contributed by atoms with Gasteiger partial charge in [0.2, 0.25) is 10.8 Å². The molecule has 1 atom stereocenters. The van der Waals surface area contributed by atoms with Crippen molar-refractivity contribution in [2.45, 2.75) is 19.5 Å². The van der Waals surface area contributed by atoms with E-state index in [2.05, 4.69) is 44.8 Å². The minimum atomic E-state index is -0.0935. The predicted octanol–water partition coefficient (Wildman–Crippen LogP) is 3.36. The van der Waals surface area contributed by atoms with Crippen molar-refractivity contribution in [3.05, 3.63) is 70.6 Å². The Morgan fingerprint density at radius 3 is 2.62 bits per heavy atom. The third kappa shape index (κ3) is 2.89. The fourth-order valence-corrected chi connectivity index (χ4v) is 4.49. The van der Waals surface area contributed by atoms with Gasteiger partial charge in [0, 0.05) is 25.5 Å². The summed E-state index contributed by atoms with van der Waals surface area (Å²) in [6, 6.07) is 14.4. The monoisotopic (exact) mass is 367 g/mol. The van der Waals surface area contributed by atoms with Crippen molar-refractivity contribution in [3.8, 4) is 5.88 Å². The molecule has 1 aromatic carbocycles. The van der Waals surface area contributed by atoms with Crippen LogP contribution in [0, 0.1) is 6.92 Å². The average molecular weight is 367 g/mol. The van der Waals surface area contributed by atoms with Gasteiger partial charge in [-0.1, -0.05) is 41.7 Å². The highest BCUT2D eigenvalue weighted by Gasteiger charge is 2.29. The highest BCUT2D eigenvalue weighted by molar-refractivity contribution is 7.17. The standard InChI is InChI=1S/C19H21N5OS/c1-13-20-19-24(21-13)18(25)17(26-19)16(15-10-7-11-22(15)2)23(3)12-14-8-5-4-6-9-14/h4-11,16,25H,12H2,1-3H3/t16-/m0/s1. The maximum Gasteiger partial charge on any atom is 0.230 e. The van der Waals surface area contributed by atoms with Gasteiger partial charge in [0.05, 0.1) is 10.9 Å². The summed E-state index contributed by atoms with van der Waals surface area (Å²) in [5.41, 5.74) is 2.34. The Balaban J connectivity index is 1.78. The Hall–Kier alpha value is -2.64. The van der Waals surface area contributed by atoms with Crippen molar-refractivity contribution in [1.29, 1.82) is 0 Å². The van der Waals surface area contributed by atoms with Crippen LogP contribution in [0.1, 0.15) is 28.0 Å². The number of benzene rings is 1. The van der Waals surface area contributed by atoms with Gasteiger partial charge in [-0.25, -0.2) is 4.98 Å². The van der Waals surface area contributed by atoms with Crippen molar-refractivity contribution in [1.82, 2.24) is 24.1 Å². The van der Waals surface area contributed by atoms with Crippen molar-refractivity contribution >= 4 is 16.3 Å². The fraction of sp³-hybridized carbons (Fsp3) is 0.263. The third-order valence-corrected chi connectivity index (χ3v) is 5.61. The molecule has 0 aliphatic rings. The number of aromatic nitrogens is 4. The Kier molecular flexibility index (Phi) is 4.26. The molecule has 0 fully saturated rings. The zero-order chi connectivity index (χ0) is 18.3. The van der Waals surface area contributed by atoms with E-state index in [4.69, 9.17) is 0 Å². The van der Waals surface area contributed by atoms with E-state index in [9.17, 15) is 5.11 Å². The van der Waals surface area contributed by atoms with Crippen molar-refractivity contribution in [2.24, 2.45) is 7.05 Å². The van der Waals surface area contributed by atoms with E-state index in [-0.39, 0.29) is 11.9 Å². The number of rotatable bonds is 5. The summed E-state index contributed by atoms with van der Waals surface area (Å²) in [5, 5.41) is 15.1. The molecule has 0 aliphatic heterocycles. The molecule has 0 radical (unpaired) electrons. The Labute approximate surface area is 156 Å². The number of aryl methyl sites for hydroxylation is 2. The quantitative estimate of drug-likeness (QED) is 0.588. The molecule has 0 bridgehead atoms. The van der Waals surface area contributed by atoms with Gasteiger partial charge in [0.1, 0.15) is 5.82 Å². The van der Waals surface area contributed by atoms with Crippen molar-refractivity contribution in [2.75, 3.05) is 7.05 Å². The topological polar surface area (TPSA) is 58.6 Å². The van der Waals surface area contributed by atoms with Gasteiger partial charge in [0.25, 0.3) is 0 Å². The smallest absolute Gasteiger partial charge is 0.230 e. The van der Waals surface area contributed by atoms with E-state index in [1.165, 1.54) is 21.4 Å². The first-order valence-corrected chi connectivity index (χ1v) is 9.26. The molecule has 7 heteroatoms. The lowest BCUT2D eigenvalue weighted by Crippen LogP contribution is -2.26. The molecule has 1 N–H and O–H groups in total. The van der Waals surface area contributed by atoms with Crippen LogP contribution in [0.25, 0.3) is 4.96 Å². The molecule has 4 rings (SSSR count). The van der Waals surface area contributed by atoms with Crippen LogP contribution >= 0.6 is 11.3 Å². The van der Waals surface area contributed by atoms with Crippen LogP contribution in [0.2, 0.25) is 0 Å². The average Bonchev–Trinajstić information content (AvgIpc) is 3.27. The predicted molar refractivity (Wildman–Crippen MR) is 102 cm³/mol. The lowest BCUT2D eigenvalue weighted by atomic mass is 10.1. The number of hydrogen-bond acceptors (Lipinski definition) is 5. The lowest BCUT2D eigenvalue weighted by Gasteiger charge is -2.28. The summed E-state index contributed by atoms with van der Waals surface area (Å²) in [6.45, 7) is 2.60. The SMILES string of the molecule is Cc1nc2sc([C@H](c3cccn3C)N(C)Cc3ccccc3)c(O)n2n1. The first-order valence-electron chi connectivity index (χ1n) is 8.45. The molecule has 0 saturated carbocycles. The number of fused-ring (bicyclic) bond motifs is 1. The maximum atomic E-state index is 10.8. The molecular weight excluding hydrogens is 346 g/mol. The number of aromatic hydroxyl groups is 1. The molecule has 0 unspecified atom stereocenters. The number of hydrogen-bond donors (Lipinski definition) is 1. The third-order valence-electron chi connectivity index (χ3n) is 4.53. The van der Waals surface area contributed by atoms with E-state index in [0.29, 0.717) is 10.8 Å². The second kappa shape index (κ2) is 6.59. The van der Waals surface area contributed by atoms with Crippen molar-refractivity contribution in [3.63, 3.8) is 0 Å². The highest BCUT2D eigenvalue weighted by Crippen LogP contribution is 2.39. The van der Waals surface area contributed by atoms with Crippen LogP contribution in [0.3, 0.4) is 0 Å². The zero-order valence-electron chi connectivity index (χ0n) is 15.0. The summed E-state index contributed by atoms with van der Waals surface area (Å²) < 4.78 is 3.62. The number of nitrogens with zero attached hydrogens (tertiary/aromatic N) is 5. The van der Waals surface area contributed by atoms with Crippen LogP contribution in [-0.4, -0.2) is 36.2 Å². The van der Waals surface area contributed by atoms with Crippen LogP contribution in [0.5, 0.6) is 5.88 Å². The van der Waals surface area contributed by atoms with Crippen LogP contribution in [-0.2, 0) is 13.6 Å². The summed E-state index contributed by atoms with van der Waals surface area (Å²) in [6.07, 6.45) is 2.02. The first-order chi connectivity index (χ1) is 12.5. The van der Waals surface area contributed by atoms with Crippen LogP contribution in [0.15, 0.2) is 48.7 Å². The molecule has 4 aromatic rings. The maximum absolute atomic E-state index is 10.8. The first kappa shape index (κ1) is 16.8. The molecule has 134 valence electrons. The van der Waals surface area contributed by atoms with Gasteiger partial charge in [0.15, 0.2) is 0 Å². The van der Waals surface area contributed by atoms with Crippen molar-refractivity contribution < 1.29 is 5.11 Å². The Morgan fingerprint density at radius 2 is 1.96 bits per heavy atom. The highest BCUT2D eigenvalue weighted by atomic mass is 32.1. The van der Waals surface area contributed by atoms with E-state index < -0.39 is 0 Å². The van der Waals surface area contributed by atoms with Gasteiger partial charge < -0.3 is 9.67 Å². The largest absolute Gasteiger partial charge is 0.492 e. The summed E-state index contributed by atoms with van der Waals surface area (Å²) in [5.74, 6) is 0.822.